The number of amides is 1. The third-order valence-electron chi connectivity index (χ3n) is 6.20. The third-order valence-corrected chi connectivity index (χ3v) is 6.20. The normalized spacial score (nSPS) is 22.0. The molecule has 9 nitrogen and oxygen atoms in total. The average molecular weight is 480 g/mol. The molecule has 1 aromatic carbocycles. The molecule has 5 rings (SSSR count). The van der Waals surface area contributed by atoms with Gasteiger partial charge in [-0.1, -0.05) is 12.1 Å². The number of nitrogens with zero attached hydrogens (tertiary/aromatic N) is 4. The van der Waals surface area contributed by atoms with E-state index in [4.69, 9.17) is 20.8 Å². The van der Waals surface area contributed by atoms with Crippen LogP contribution in [0.3, 0.4) is 0 Å². The molecule has 0 spiro atoms. The Bertz CT molecular complexity index is 1300. The number of fused-ring (bicyclic) bond motifs is 3. The molecule has 0 saturated carbocycles. The second kappa shape index (κ2) is 8.82. The Morgan fingerprint density at radius 2 is 1.97 bits per heavy atom. The van der Waals surface area contributed by atoms with Crippen LogP contribution >= 0.6 is 0 Å². The fourth-order valence-corrected chi connectivity index (χ4v) is 4.70. The predicted molar refractivity (Wildman–Crippen MR) is 126 cm³/mol. The van der Waals surface area contributed by atoms with Crippen LogP contribution in [0.4, 0.5) is 14.9 Å². The summed E-state index contributed by atoms with van der Waals surface area (Å²) in [4.78, 5) is 29.5. The molecule has 2 atom stereocenters. The Hall–Kier alpha value is -3.71. The molecule has 182 valence electrons. The van der Waals surface area contributed by atoms with Crippen LogP contribution in [0.25, 0.3) is 27.0 Å². The monoisotopic (exact) mass is 479 g/mol. The Morgan fingerprint density at radius 3 is 2.63 bits per heavy atom. The van der Waals surface area contributed by atoms with E-state index in [2.05, 4.69) is 19.8 Å². The molecule has 2 bridgehead atoms. The van der Waals surface area contributed by atoms with Gasteiger partial charge in [0.1, 0.15) is 34.9 Å². The van der Waals surface area contributed by atoms with Crippen LogP contribution in [0.1, 0.15) is 20.8 Å². The minimum Gasteiger partial charge on any atom is -0.472 e. The van der Waals surface area contributed by atoms with Gasteiger partial charge < -0.3 is 24.1 Å². The van der Waals surface area contributed by atoms with Crippen molar-refractivity contribution in [3.05, 3.63) is 48.0 Å². The maximum Gasteiger partial charge on any atom is 0.410 e. The largest absolute Gasteiger partial charge is 0.472 e. The number of carbonyl (C=O) groups excluding carboxylic acids is 1. The minimum absolute atomic E-state index is 0.0481. The van der Waals surface area contributed by atoms with Gasteiger partial charge in [-0.05, 0) is 26.8 Å². The summed E-state index contributed by atoms with van der Waals surface area (Å²) in [5, 5.41) is 0. The Labute approximate surface area is 202 Å². The van der Waals surface area contributed by atoms with E-state index in [0.29, 0.717) is 54.3 Å². The number of hydrogen-bond acceptors (Lipinski definition) is 6. The number of halogens is 1. The van der Waals surface area contributed by atoms with E-state index >= 15 is 0 Å². The van der Waals surface area contributed by atoms with E-state index in [1.807, 2.05) is 20.8 Å². The van der Waals surface area contributed by atoms with Gasteiger partial charge in [0, 0.05) is 42.2 Å². The number of carbonyl (C=O) groups is 1. The maximum absolute atomic E-state index is 14.7. The number of ether oxygens (including phenoxy) is 3. The molecule has 2 aromatic heterocycles. The van der Waals surface area contributed by atoms with Crippen LogP contribution in [0.2, 0.25) is 0 Å². The molecule has 35 heavy (non-hydrogen) atoms. The Kier molecular flexibility index (Phi) is 5.81. The zero-order valence-corrected chi connectivity index (χ0v) is 19.7. The van der Waals surface area contributed by atoms with Gasteiger partial charge in [0.2, 0.25) is 5.88 Å². The van der Waals surface area contributed by atoms with Gasteiger partial charge in [-0.3, -0.25) is 0 Å². The summed E-state index contributed by atoms with van der Waals surface area (Å²) in [5.41, 5.74) is 1.65. The number of nitrogens with one attached hydrogen (secondary N) is 1. The zero-order chi connectivity index (χ0) is 24.7. The first-order chi connectivity index (χ1) is 16.7. The number of hydrogen-bond donors (Lipinski definition) is 1. The average Bonchev–Trinajstić information content (AvgIpc) is 3.22. The summed E-state index contributed by atoms with van der Waals surface area (Å²) in [7, 11) is 0. The highest BCUT2D eigenvalue weighted by Gasteiger charge is 2.44. The molecule has 3 aromatic rings. The number of H-pyrrole nitrogens is 1. The fourth-order valence-electron chi connectivity index (χ4n) is 4.70. The van der Waals surface area contributed by atoms with Gasteiger partial charge in [0.15, 0.2) is 5.69 Å². The Balaban J connectivity index is 1.40. The molecular formula is C25H26FN5O4. The summed E-state index contributed by atoms with van der Waals surface area (Å²) in [6.45, 7) is 14.5. The van der Waals surface area contributed by atoms with Crippen molar-refractivity contribution in [2.75, 3.05) is 26.3 Å². The highest BCUT2D eigenvalue weighted by Crippen LogP contribution is 2.36. The van der Waals surface area contributed by atoms with Crippen LogP contribution < -0.4 is 4.74 Å². The lowest BCUT2D eigenvalue weighted by Crippen LogP contribution is -2.59. The van der Waals surface area contributed by atoms with E-state index in [-0.39, 0.29) is 29.7 Å². The first-order valence-corrected chi connectivity index (χ1v) is 11.5. The van der Waals surface area contributed by atoms with E-state index in [1.165, 1.54) is 12.4 Å². The van der Waals surface area contributed by atoms with Gasteiger partial charge in [0.25, 0.3) is 0 Å². The van der Waals surface area contributed by atoms with E-state index in [9.17, 15) is 9.18 Å². The number of piperidine rings is 1. The lowest BCUT2D eigenvalue weighted by Gasteiger charge is -2.46. The molecule has 2 fully saturated rings. The lowest BCUT2D eigenvalue weighted by atomic mass is 9.84. The van der Waals surface area contributed by atoms with Gasteiger partial charge in [-0.2, -0.15) is 4.98 Å². The first kappa shape index (κ1) is 23.1. The first-order valence-electron chi connectivity index (χ1n) is 11.5. The second-order valence-electron chi connectivity index (χ2n) is 9.91. The Morgan fingerprint density at radius 1 is 1.23 bits per heavy atom. The fraction of sp³-hybridized carbons (Fsp3) is 0.440. The molecular weight excluding hydrogens is 453 g/mol. The number of likely N-dealkylation sites (tertiary alicyclic amines) is 1. The summed E-state index contributed by atoms with van der Waals surface area (Å²) in [6, 6.07) is 4.35. The molecule has 2 unspecified atom stereocenters. The molecule has 2 saturated heterocycles. The van der Waals surface area contributed by atoms with Gasteiger partial charge in [-0.15, -0.1) is 0 Å². The number of aromatic nitrogens is 3. The predicted octanol–water partition coefficient (Wildman–Crippen LogP) is 4.58. The molecule has 10 heteroatoms. The van der Waals surface area contributed by atoms with Crippen molar-refractivity contribution >= 4 is 22.8 Å². The quantitative estimate of drug-likeness (QED) is 0.553. The van der Waals surface area contributed by atoms with Crippen LogP contribution in [0, 0.1) is 24.2 Å². The molecule has 1 amide bonds. The minimum atomic E-state index is -0.566. The highest BCUT2D eigenvalue weighted by molar-refractivity contribution is 5.94. The molecule has 2 aliphatic rings. The van der Waals surface area contributed by atoms with Crippen LogP contribution in [-0.2, 0) is 9.47 Å². The summed E-state index contributed by atoms with van der Waals surface area (Å²) >= 11 is 0. The smallest absolute Gasteiger partial charge is 0.410 e. The lowest BCUT2D eigenvalue weighted by molar-refractivity contribution is -0.112. The van der Waals surface area contributed by atoms with Crippen molar-refractivity contribution in [2.24, 2.45) is 11.8 Å². The van der Waals surface area contributed by atoms with Crippen molar-refractivity contribution in [3.8, 4) is 17.0 Å². The van der Waals surface area contributed by atoms with E-state index < -0.39 is 11.4 Å². The second-order valence-corrected chi connectivity index (χ2v) is 9.91. The van der Waals surface area contributed by atoms with Crippen LogP contribution in [-0.4, -0.2) is 64.0 Å². The summed E-state index contributed by atoms with van der Waals surface area (Å²) in [6.07, 6.45) is 2.51. The van der Waals surface area contributed by atoms with Crippen molar-refractivity contribution in [1.82, 2.24) is 19.9 Å². The third kappa shape index (κ3) is 4.51. The number of rotatable bonds is 3. The standard InChI is InChI=1S/C25H26FN5O4/c1-25(2,3)35-24(32)31-9-14-11-33-12-15(10-31)22(14)34-23-21-20(29-13-30-23)18(8-28-21)17-6-5-16(27-4)7-19(17)26/h5-8,13-15,22,28H,9-12H2,1-3H3. The summed E-state index contributed by atoms with van der Waals surface area (Å²) < 4.78 is 32.4. The summed E-state index contributed by atoms with van der Waals surface area (Å²) in [5.74, 6) is -0.227. The van der Waals surface area contributed by atoms with E-state index in [1.54, 1.807) is 23.2 Å². The van der Waals surface area contributed by atoms with Crippen molar-refractivity contribution < 1.29 is 23.4 Å². The van der Waals surface area contributed by atoms with Crippen LogP contribution in [0.5, 0.6) is 5.88 Å². The van der Waals surface area contributed by atoms with Crippen LogP contribution in [0.15, 0.2) is 30.7 Å². The molecule has 2 aliphatic heterocycles. The number of benzene rings is 1. The number of aromatic amines is 1. The van der Waals surface area contributed by atoms with Gasteiger partial charge >= 0.3 is 6.09 Å². The van der Waals surface area contributed by atoms with Gasteiger partial charge in [-0.25, -0.2) is 19.0 Å². The van der Waals surface area contributed by atoms with Gasteiger partial charge in [0.05, 0.1) is 19.8 Å². The molecule has 0 aliphatic carbocycles. The van der Waals surface area contributed by atoms with Crippen molar-refractivity contribution in [2.45, 2.75) is 32.5 Å². The maximum atomic E-state index is 14.7. The van der Waals surface area contributed by atoms with Crippen molar-refractivity contribution in [1.29, 1.82) is 0 Å². The molecule has 1 N–H and O–H groups in total. The topological polar surface area (TPSA) is 93.9 Å². The van der Waals surface area contributed by atoms with Crippen molar-refractivity contribution in [3.63, 3.8) is 0 Å². The SMILES string of the molecule is [C-]#[N+]c1ccc(-c2c[nH]c3c(OC4C5COCC4CN(C(=O)OC(C)(C)C)C5)ncnc23)c(F)c1. The van der Waals surface area contributed by atoms with E-state index in [0.717, 1.165) is 0 Å². The molecule has 0 radical (unpaired) electrons. The molecule has 4 heterocycles. The highest BCUT2D eigenvalue weighted by atomic mass is 19.1. The zero-order valence-electron chi connectivity index (χ0n) is 19.7.